The van der Waals surface area contributed by atoms with E-state index in [-0.39, 0.29) is 29.8 Å². The molecule has 4 rings (SSSR count). The van der Waals surface area contributed by atoms with Crippen LogP contribution >= 0.6 is 11.6 Å². The number of carbonyl (C=O) groups is 2. The summed E-state index contributed by atoms with van der Waals surface area (Å²) in [7, 11) is 0. The Kier molecular flexibility index (Phi) is 5.62. The van der Waals surface area contributed by atoms with Gasteiger partial charge in [-0.1, -0.05) is 48.7 Å². The summed E-state index contributed by atoms with van der Waals surface area (Å²) in [6.07, 6.45) is 8.17. The molecule has 1 aromatic heterocycles. The Morgan fingerprint density at radius 3 is 2.71 bits per heavy atom. The Bertz CT molecular complexity index is 862. The summed E-state index contributed by atoms with van der Waals surface area (Å²) in [5.41, 5.74) is 2.43. The number of fused-ring (bicyclic) bond motifs is 1. The lowest BCUT2D eigenvalue weighted by Crippen LogP contribution is -2.44. The summed E-state index contributed by atoms with van der Waals surface area (Å²) in [6, 6.07) is 7.64. The predicted molar refractivity (Wildman–Crippen MR) is 105 cm³/mol. The number of benzene rings is 1. The molecule has 0 spiro atoms. The van der Waals surface area contributed by atoms with E-state index >= 15 is 0 Å². The molecular weight excluding hydrogens is 378 g/mol. The summed E-state index contributed by atoms with van der Waals surface area (Å²) < 4.78 is 1.82. The van der Waals surface area contributed by atoms with Crippen molar-refractivity contribution >= 4 is 23.4 Å². The van der Waals surface area contributed by atoms with Gasteiger partial charge in [0.2, 0.25) is 5.91 Å². The fourth-order valence-corrected chi connectivity index (χ4v) is 4.34. The van der Waals surface area contributed by atoms with Gasteiger partial charge in [-0.25, -0.2) is 4.68 Å². The van der Waals surface area contributed by atoms with E-state index in [1.54, 1.807) is 6.20 Å². The monoisotopic (exact) mass is 401 g/mol. The molecule has 8 heteroatoms. The van der Waals surface area contributed by atoms with Crippen LogP contribution in [0.25, 0.3) is 0 Å². The van der Waals surface area contributed by atoms with Gasteiger partial charge in [-0.15, -0.1) is 16.7 Å². The van der Waals surface area contributed by atoms with Crippen molar-refractivity contribution in [1.29, 1.82) is 0 Å². The lowest BCUT2D eigenvalue weighted by molar-refractivity contribution is -0.119. The van der Waals surface area contributed by atoms with Gasteiger partial charge in [0.1, 0.15) is 5.88 Å². The van der Waals surface area contributed by atoms with Crippen LogP contribution in [0.4, 0.5) is 0 Å². The molecule has 0 aliphatic heterocycles. The Hall–Kier alpha value is -2.41. The molecule has 2 aromatic rings. The fraction of sp³-hybridized carbons (Fsp3) is 0.500. The highest BCUT2D eigenvalue weighted by molar-refractivity contribution is 6.27. The molecule has 1 aromatic carbocycles. The number of nitrogens with one attached hydrogen (secondary N) is 2. The van der Waals surface area contributed by atoms with Crippen molar-refractivity contribution in [3.8, 4) is 0 Å². The second kappa shape index (κ2) is 8.31. The first-order valence-corrected chi connectivity index (χ1v) is 10.3. The number of halogens is 1. The number of hydrogen-bond donors (Lipinski definition) is 2. The number of aromatic nitrogens is 3. The second-order valence-corrected chi connectivity index (χ2v) is 7.80. The maximum atomic E-state index is 12.8. The Balaban J connectivity index is 1.47. The van der Waals surface area contributed by atoms with Gasteiger partial charge in [-0.3, -0.25) is 9.59 Å². The van der Waals surface area contributed by atoms with Crippen molar-refractivity contribution in [2.24, 2.45) is 0 Å². The smallest absolute Gasteiger partial charge is 0.273 e. The van der Waals surface area contributed by atoms with Crippen molar-refractivity contribution in [2.75, 3.05) is 5.88 Å². The second-order valence-electron chi connectivity index (χ2n) is 7.54. The molecular formula is C20H24ClN5O2. The Morgan fingerprint density at radius 1 is 1.14 bits per heavy atom. The van der Waals surface area contributed by atoms with Crippen LogP contribution in [0.5, 0.6) is 0 Å². The molecule has 2 aliphatic rings. The number of alkyl halides is 1. The topological polar surface area (TPSA) is 88.9 Å². The van der Waals surface area contributed by atoms with Gasteiger partial charge in [0.15, 0.2) is 5.69 Å². The number of hydrogen-bond acceptors (Lipinski definition) is 4. The molecule has 0 saturated heterocycles. The van der Waals surface area contributed by atoms with Crippen LogP contribution in [0.1, 0.15) is 65.8 Å². The quantitative estimate of drug-likeness (QED) is 0.753. The normalized spacial score (nSPS) is 21.9. The van der Waals surface area contributed by atoms with Crippen molar-refractivity contribution < 1.29 is 9.59 Å². The molecule has 1 heterocycles. The lowest BCUT2D eigenvalue weighted by Gasteiger charge is -2.22. The molecule has 28 heavy (non-hydrogen) atoms. The van der Waals surface area contributed by atoms with Crippen LogP contribution < -0.4 is 10.6 Å². The van der Waals surface area contributed by atoms with E-state index in [0.717, 1.165) is 24.0 Å². The van der Waals surface area contributed by atoms with Crippen LogP contribution in [-0.4, -0.2) is 38.7 Å². The first-order valence-electron chi connectivity index (χ1n) is 9.81. The molecule has 0 unspecified atom stereocenters. The van der Waals surface area contributed by atoms with E-state index < -0.39 is 0 Å². The van der Waals surface area contributed by atoms with E-state index in [2.05, 4.69) is 20.9 Å². The van der Waals surface area contributed by atoms with Gasteiger partial charge in [0, 0.05) is 0 Å². The molecule has 1 saturated carbocycles. The van der Waals surface area contributed by atoms with Gasteiger partial charge in [0.25, 0.3) is 5.91 Å². The standard InChI is InChI=1S/C20H24ClN5O2/c21-11-18(27)23-19-15-9-5-4-6-13(15)10-16(19)22-20(28)17-12-26(25-24-17)14-7-2-1-3-8-14/h4-6,9,12,14,16,19H,1-3,7-8,10-11H2,(H,22,28)(H,23,27)/t16-,19-/m1/s1. The van der Waals surface area contributed by atoms with Crippen molar-refractivity contribution in [2.45, 2.75) is 56.7 Å². The summed E-state index contributed by atoms with van der Waals surface area (Å²) >= 11 is 5.66. The van der Waals surface area contributed by atoms with Gasteiger partial charge in [-0.05, 0) is 30.4 Å². The van der Waals surface area contributed by atoms with Crippen LogP contribution in [0.2, 0.25) is 0 Å². The van der Waals surface area contributed by atoms with E-state index in [1.807, 2.05) is 28.9 Å². The van der Waals surface area contributed by atoms with Gasteiger partial charge in [-0.2, -0.15) is 0 Å². The minimum absolute atomic E-state index is 0.116. The van der Waals surface area contributed by atoms with Crippen LogP contribution in [0.3, 0.4) is 0 Å². The number of rotatable bonds is 5. The molecule has 0 bridgehead atoms. The minimum atomic E-state index is -0.306. The highest BCUT2D eigenvalue weighted by Crippen LogP contribution is 2.32. The molecule has 148 valence electrons. The third kappa shape index (κ3) is 3.90. The maximum Gasteiger partial charge on any atom is 0.273 e. The van der Waals surface area contributed by atoms with Crippen LogP contribution in [-0.2, 0) is 11.2 Å². The van der Waals surface area contributed by atoms with Crippen molar-refractivity contribution in [3.63, 3.8) is 0 Å². The summed E-state index contributed by atoms with van der Waals surface area (Å²) in [6.45, 7) is 0. The largest absolute Gasteiger partial charge is 0.346 e. The third-order valence-electron chi connectivity index (χ3n) is 5.68. The number of carbonyl (C=O) groups excluding carboxylic acids is 2. The zero-order valence-corrected chi connectivity index (χ0v) is 16.4. The number of amides is 2. The van der Waals surface area contributed by atoms with E-state index in [1.165, 1.54) is 19.3 Å². The molecule has 2 amide bonds. The lowest BCUT2D eigenvalue weighted by atomic mass is 9.96. The maximum absolute atomic E-state index is 12.8. The minimum Gasteiger partial charge on any atom is -0.346 e. The van der Waals surface area contributed by atoms with E-state index in [0.29, 0.717) is 18.2 Å². The third-order valence-corrected chi connectivity index (χ3v) is 5.92. The molecule has 2 atom stereocenters. The van der Waals surface area contributed by atoms with E-state index in [4.69, 9.17) is 11.6 Å². The van der Waals surface area contributed by atoms with Crippen molar-refractivity contribution in [1.82, 2.24) is 25.6 Å². The summed E-state index contributed by atoms with van der Waals surface area (Å²) in [4.78, 5) is 24.7. The molecule has 2 aliphatic carbocycles. The average molecular weight is 402 g/mol. The molecule has 1 fully saturated rings. The predicted octanol–water partition coefficient (Wildman–Crippen LogP) is 2.53. The zero-order chi connectivity index (χ0) is 19.5. The van der Waals surface area contributed by atoms with Gasteiger partial charge in [0.05, 0.1) is 24.3 Å². The SMILES string of the molecule is O=C(CCl)N[C@@H]1c2ccccc2C[C@H]1NC(=O)c1cn(C2CCCCC2)nn1. The van der Waals surface area contributed by atoms with Crippen LogP contribution in [0, 0.1) is 0 Å². The highest BCUT2D eigenvalue weighted by atomic mass is 35.5. The van der Waals surface area contributed by atoms with Crippen molar-refractivity contribution in [3.05, 3.63) is 47.3 Å². The molecule has 2 N–H and O–H groups in total. The first-order chi connectivity index (χ1) is 13.7. The zero-order valence-electron chi connectivity index (χ0n) is 15.6. The fourth-order valence-electron chi connectivity index (χ4n) is 4.27. The molecule has 7 nitrogen and oxygen atoms in total. The Morgan fingerprint density at radius 2 is 1.93 bits per heavy atom. The van der Waals surface area contributed by atoms with E-state index in [9.17, 15) is 9.59 Å². The Labute approximate surface area is 168 Å². The first kappa shape index (κ1) is 18.9. The highest BCUT2D eigenvalue weighted by Gasteiger charge is 2.35. The van der Waals surface area contributed by atoms with Crippen LogP contribution in [0.15, 0.2) is 30.5 Å². The molecule has 0 radical (unpaired) electrons. The number of nitrogens with zero attached hydrogens (tertiary/aromatic N) is 3. The van der Waals surface area contributed by atoms with Gasteiger partial charge < -0.3 is 10.6 Å². The van der Waals surface area contributed by atoms with Gasteiger partial charge >= 0.3 is 0 Å². The summed E-state index contributed by atoms with van der Waals surface area (Å²) in [5.74, 6) is -0.648. The average Bonchev–Trinajstić information content (AvgIpc) is 3.34. The summed E-state index contributed by atoms with van der Waals surface area (Å²) in [5, 5.41) is 14.2.